The molecular weight excluding hydrogens is 168 g/mol. The van der Waals surface area contributed by atoms with Crippen molar-refractivity contribution in [1.82, 2.24) is 20.3 Å². The van der Waals surface area contributed by atoms with Crippen molar-refractivity contribution in [2.24, 2.45) is 7.05 Å². The van der Waals surface area contributed by atoms with E-state index in [1.54, 1.807) is 24.9 Å². The molecule has 0 aliphatic rings. The van der Waals surface area contributed by atoms with Gasteiger partial charge in [0.25, 0.3) is 5.91 Å². The first kappa shape index (κ1) is 9.26. The Hall–Kier alpha value is -1.83. The van der Waals surface area contributed by atoms with E-state index in [1.807, 2.05) is 0 Å². The summed E-state index contributed by atoms with van der Waals surface area (Å²) >= 11 is 0. The Morgan fingerprint density at radius 3 is 3.08 bits per heavy atom. The van der Waals surface area contributed by atoms with Crippen LogP contribution in [0.1, 0.15) is 12.6 Å². The van der Waals surface area contributed by atoms with E-state index in [2.05, 4.69) is 27.5 Å². The number of aromatic nitrogens is 3. The molecule has 1 heterocycles. The van der Waals surface area contributed by atoms with Gasteiger partial charge in [-0.05, 0) is 12.8 Å². The fourth-order valence-corrected chi connectivity index (χ4v) is 0.805. The lowest BCUT2D eigenvalue weighted by Gasteiger charge is -1.94. The van der Waals surface area contributed by atoms with Crippen LogP contribution in [0.25, 0.3) is 0 Å². The molecule has 1 N–H and O–H groups in total. The van der Waals surface area contributed by atoms with Crippen LogP contribution in [0.3, 0.4) is 0 Å². The molecule has 0 unspecified atom stereocenters. The molecule has 0 spiro atoms. The monoisotopic (exact) mass is 178 g/mol. The van der Waals surface area contributed by atoms with Gasteiger partial charge in [-0.25, -0.2) is 0 Å². The van der Waals surface area contributed by atoms with Crippen molar-refractivity contribution < 1.29 is 4.79 Å². The standard InChI is InChI=1S/C8H10N4O/c1-3-4-8(13)9-5-7-6-12(2)11-10-7/h6H,5H2,1-2H3,(H,9,13). The molecule has 0 aliphatic heterocycles. The Labute approximate surface area is 76.1 Å². The zero-order valence-corrected chi connectivity index (χ0v) is 7.53. The molecule has 68 valence electrons. The minimum atomic E-state index is -0.298. The summed E-state index contributed by atoms with van der Waals surface area (Å²) in [6.45, 7) is 1.98. The van der Waals surface area contributed by atoms with E-state index in [0.29, 0.717) is 12.2 Å². The molecule has 0 bridgehead atoms. The lowest BCUT2D eigenvalue weighted by molar-refractivity contribution is -0.115. The third-order valence-electron chi connectivity index (χ3n) is 1.32. The highest BCUT2D eigenvalue weighted by molar-refractivity contribution is 5.93. The molecule has 0 aliphatic carbocycles. The van der Waals surface area contributed by atoms with Crippen molar-refractivity contribution in [3.05, 3.63) is 11.9 Å². The molecule has 0 fully saturated rings. The van der Waals surface area contributed by atoms with E-state index >= 15 is 0 Å². The van der Waals surface area contributed by atoms with Crippen LogP contribution in [-0.4, -0.2) is 20.9 Å². The van der Waals surface area contributed by atoms with Crippen molar-refractivity contribution in [2.45, 2.75) is 13.5 Å². The predicted octanol–water partition coefficient (Wildman–Crippen LogP) is -0.545. The quantitative estimate of drug-likeness (QED) is 0.618. The van der Waals surface area contributed by atoms with Crippen LogP contribution in [0.15, 0.2) is 6.20 Å². The van der Waals surface area contributed by atoms with Gasteiger partial charge >= 0.3 is 0 Å². The number of nitrogens with one attached hydrogen (secondary N) is 1. The zero-order valence-electron chi connectivity index (χ0n) is 7.53. The number of carbonyl (C=O) groups excluding carboxylic acids is 1. The summed E-state index contributed by atoms with van der Waals surface area (Å²) in [6, 6.07) is 0. The summed E-state index contributed by atoms with van der Waals surface area (Å²) in [5.41, 5.74) is 0.716. The van der Waals surface area contributed by atoms with Gasteiger partial charge in [-0.2, -0.15) is 0 Å². The topological polar surface area (TPSA) is 59.8 Å². The SMILES string of the molecule is CC#CC(=O)NCc1cn(C)nn1. The molecule has 1 amide bonds. The van der Waals surface area contributed by atoms with Gasteiger partial charge in [0.05, 0.1) is 6.54 Å². The first-order valence-electron chi connectivity index (χ1n) is 3.78. The molecule has 0 saturated heterocycles. The van der Waals surface area contributed by atoms with Crippen LogP contribution in [0.5, 0.6) is 0 Å². The van der Waals surface area contributed by atoms with E-state index in [0.717, 1.165) is 0 Å². The smallest absolute Gasteiger partial charge is 0.296 e. The molecule has 5 nitrogen and oxygen atoms in total. The number of amides is 1. The largest absolute Gasteiger partial charge is 0.339 e. The Morgan fingerprint density at radius 1 is 1.77 bits per heavy atom. The highest BCUT2D eigenvalue weighted by Gasteiger charge is 1.99. The summed E-state index contributed by atoms with van der Waals surface area (Å²) in [7, 11) is 1.77. The van der Waals surface area contributed by atoms with E-state index in [1.165, 1.54) is 0 Å². The van der Waals surface area contributed by atoms with Gasteiger partial charge in [-0.1, -0.05) is 11.1 Å². The minimum Gasteiger partial charge on any atom is -0.339 e. The maximum Gasteiger partial charge on any atom is 0.296 e. The first-order valence-corrected chi connectivity index (χ1v) is 3.78. The first-order chi connectivity index (χ1) is 6.22. The van der Waals surface area contributed by atoms with Crippen molar-refractivity contribution in [2.75, 3.05) is 0 Å². The molecule has 5 heteroatoms. The summed E-state index contributed by atoms with van der Waals surface area (Å²) in [6.07, 6.45) is 1.74. The Balaban J connectivity index is 2.42. The van der Waals surface area contributed by atoms with E-state index in [4.69, 9.17) is 0 Å². The van der Waals surface area contributed by atoms with Crippen LogP contribution in [0.4, 0.5) is 0 Å². The van der Waals surface area contributed by atoms with Crippen LogP contribution < -0.4 is 5.32 Å². The van der Waals surface area contributed by atoms with E-state index in [-0.39, 0.29) is 5.91 Å². The minimum absolute atomic E-state index is 0.298. The van der Waals surface area contributed by atoms with E-state index in [9.17, 15) is 4.79 Å². The maximum atomic E-state index is 10.9. The van der Waals surface area contributed by atoms with Crippen LogP contribution in [0, 0.1) is 11.8 Å². The fourth-order valence-electron chi connectivity index (χ4n) is 0.805. The number of rotatable bonds is 2. The lowest BCUT2D eigenvalue weighted by Crippen LogP contribution is -2.20. The molecule has 1 aromatic heterocycles. The van der Waals surface area contributed by atoms with Gasteiger partial charge in [-0.15, -0.1) is 5.10 Å². The Bertz CT molecular complexity index is 358. The third kappa shape index (κ3) is 2.95. The van der Waals surface area contributed by atoms with Crippen molar-refractivity contribution in [3.63, 3.8) is 0 Å². The summed E-state index contributed by atoms with van der Waals surface area (Å²) in [5, 5.41) is 10.1. The summed E-state index contributed by atoms with van der Waals surface area (Å²) in [4.78, 5) is 10.9. The molecule has 0 radical (unpaired) electrons. The normalized spacial score (nSPS) is 8.77. The summed E-state index contributed by atoms with van der Waals surface area (Å²) in [5.74, 6) is 4.58. The molecular formula is C8H10N4O. The van der Waals surface area contributed by atoms with Crippen molar-refractivity contribution >= 4 is 5.91 Å². The maximum absolute atomic E-state index is 10.9. The second-order valence-electron chi connectivity index (χ2n) is 2.44. The highest BCUT2D eigenvalue weighted by atomic mass is 16.1. The number of aryl methyl sites for hydroxylation is 1. The van der Waals surface area contributed by atoms with Crippen LogP contribution >= 0.6 is 0 Å². The molecule has 0 atom stereocenters. The predicted molar refractivity (Wildman–Crippen MR) is 46.3 cm³/mol. The molecule has 1 aromatic rings. The second kappa shape index (κ2) is 4.26. The fraction of sp³-hybridized carbons (Fsp3) is 0.375. The number of nitrogens with zero attached hydrogens (tertiary/aromatic N) is 3. The third-order valence-corrected chi connectivity index (χ3v) is 1.32. The van der Waals surface area contributed by atoms with Crippen LogP contribution in [0.2, 0.25) is 0 Å². The zero-order chi connectivity index (χ0) is 9.68. The number of hydrogen-bond donors (Lipinski definition) is 1. The Morgan fingerprint density at radius 2 is 2.54 bits per heavy atom. The van der Waals surface area contributed by atoms with Gasteiger partial charge in [0.15, 0.2) is 0 Å². The molecule has 0 aromatic carbocycles. The van der Waals surface area contributed by atoms with Gasteiger partial charge < -0.3 is 5.32 Å². The van der Waals surface area contributed by atoms with Crippen molar-refractivity contribution in [3.8, 4) is 11.8 Å². The molecule has 0 saturated carbocycles. The lowest BCUT2D eigenvalue weighted by atomic mass is 10.4. The average Bonchev–Trinajstić information content (AvgIpc) is 2.49. The van der Waals surface area contributed by atoms with Gasteiger partial charge in [0.1, 0.15) is 5.69 Å². The van der Waals surface area contributed by atoms with Gasteiger partial charge in [-0.3, -0.25) is 9.48 Å². The van der Waals surface area contributed by atoms with Crippen molar-refractivity contribution in [1.29, 1.82) is 0 Å². The van der Waals surface area contributed by atoms with Crippen LogP contribution in [-0.2, 0) is 18.4 Å². The van der Waals surface area contributed by atoms with Gasteiger partial charge in [0, 0.05) is 13.2 Å². The Kier molecular flexibility index (Phi) is 3.03. The second-order valence-corrected chi connectivity index (χ2v) is 2.44. The van der Waals surface area contributed by atoms with Gasteiger partial charge in [0.2, 0.25) is 0 Å². The van der Waals surface area contributed by atoms with E-state index < -0.39 is 0 Å². The molecule has 13 heavy (non-hydrogen) atoms. The average molecular weight is 178 g/mol. The number of carbonyl (C=O) groups is 1. The number of hydrogen-bond acceptors (Lipinski definition) is 3. The summed E-state index contributed by atoms with van der Waals surface area (Å²) < 4.78 is 1.58. The highest BCUT2D eigenvalue weighted by Crippen LogP contribution is 1.88. The molecule has 1 rings (SSSR count).